The minimum Gasteiger partial charge on any atom is -0.392 e. The monoisotopic (exact) mass is 329 g/mol. The molecule has 24 heavy (non-hydrogen) atoms. The van der Waals surface area contributed by atoms with Crippen LogP contribution in [0.3, 0.4) is 0 Å². The molecule has 0 bridgehead atoms. The molecule has 1 saturated heterocycles. The van der Waals surface area contributed by atoms with E-state index in [9.17, 15) is 9.90 Å². The second kappa shape index (κ2) is 6.87. The molecule has 1 saturated carbocycles. The first kappa shape index (κ1) is 17.5. The minimum absolute atomic E-state index is 0.150. The van der Waals surface area contributed by atoms with Crippen molar-refractivity contribution in [2.75, 3.05) is 13.1 Å². The van der Waals surface area contributed by atoms with Crippen LogP contribution in [0.5, 0.6) is 0 Å². The number of hydrogen-bond acceptors (Lipinski definition) is 2. The van der Waals surface area contributed by atoms with Gasteiger partial charge in [0.15, 0.2) is 0 Å². The average Bonchev–Trinajstić information content (AvgIpc) is 2.99. The van der Waals surface area contributed by atoms with Crippen molar-refractivity contribution >= 4 is 5.91 Å². The maximum absolute atomic E-state index is 12.6. The van der Waals surface area contributed by atoms with Crippen LogP contribution in [0.15, 0.2) is 24.3 Å². The van der Waals surface area contributed by atoms with Crippen LogP contribution in [0.1, 0.15) is 69.9 Å². The zero-order valence-electron chi connectivity index (χ0n) is 15.3. The van der Waals surface area contributed by atoms with Crippen LogP contribution in [0, 0.1) is 5.92 Å². The summed E-state index contributed by atoms with van der Waals surface area (Å²) in [4.78, 5) is 14.6. The lowest BCUT2D eigenvalue weighted by molar-refractivity contribution is -0.139. The van der Waals surface area contributed by atoms with Crippen LogP contribution in [0.25, 0.3) is 0 Å². The Balaban J connectivity index is 1.67. The summed E-state index contributed by atoms with van der Waals surface area (Å²) >= 11 is 0. The lowest BCUT2D eigenvalue weighted by Gasteiger charge is -2.36. The van der Waals surface area contributed by atoms with Gasteiger partial charge in [-0.1, -0.05) is 45.0 Å². The Morgan fingerprint density at radius 1 is 1.08 bits per heavy atom. The molecule has 2 atom stereocenters. The predicted octanol–water partition coefficient (Wildman–Crippen LogP) is 3.85. The number of amides is 1. The van der Waals surface area contributed by atoms with Gasteiger partial charge in [-0.25, -0.2) is 0 Å². The number of benzene rings is 1. The maximum Gasteiger partial charge on any atom is 0.228 e. The molecule has 1 amide bonds. The molecule has 0 spiro atoms. The molecule has 0 unspecified atom stereocenters. The number of likely N-dealkylation sites (tertiary alicyclic amines) is 1. The Bertz CT molecular complexity index is 582. The van der Waals surface area contributed by atoms with Gasteiger partial charge in [0.1, 0.15) is 0 Å². The molecule has 3 rings (SSSR count). The average molecular weight is 329 g/mol. The van der Waals surface area contributed by atoms with E-state index in [1.165, 1.54) is 11.1 Å². The molecule has 2 fully saturated rings. The van der Waals surface area contributed by atoms with Crippen LogP contribution in [0.4, 0.5) is 0 Å². The largest absolute Gasteiger partial charge is 0.392 e. The minimum atomic E-state index is -0.420. The number of carbonyl (C=O) groups excluding carboxylic acids is 1. The lowest BCUT2D eigenvalue weighted by atomic mass is 9.77. The molecular weight excluding hydrogens is 298 g/mol. The van der Waals surface area contributed by atoms with Crippen molar-refractivity contribution in [2.24, 2.45) is 5.92 Å². The molecule has 132 valence electrons. The number of carbonyl (C=O) groups is 1. The van der Waals surface area contributed by atoms with Crippen molar-refractivity contribution in [3.05, 3.63) is 35.4 Å². The fraction of sp³-hybridized carbons (Fsp3) is 0.667. The lowest BCUT2D eigenvalue weighted by Crippen LogP contribution is -2.43. The Hall–Kier alpha value is -1.35. The third-order valence-electron chi connectivity index (χ3n) is 5.81. The smallest absolute Gasteiger partial charge is 0.228 e. The van der Waals surface area contributed by atoms with Crippen LogP contribution < -0.4 is 0 Å². The van der Waals surface area contributed by atoms with Gasteiger partial charge in [-0.15, -0.1) is 0 Å². The predicted molar refractivity (Wildman–Crippen MR) is 97.0 cm³/mol. The van der Waals surface area contributed by atoms with Gasteiger partial charge < -0.3 is 10.0 Å². The van der Waals surface area contributed by atoms with E-state index in [0.717, 1.165) is 45.2 Å². The number of rotatable bonds is 2. The first-order chi connectivity index (χ1) is 11.4. The van der Waals surface area contributed by atoms with E-state index < -0.39 is 6.10 Å². The topological polar surface area (TPSA) is 40.5 Å². The highest BCUT2D eigenvalue weighted by Gasteiger charge is 2.36. The molecular formula is C21H31NO2. The molecule has 1 aliphatic heterocycles. The molecule has 2 aliphatic rings. The van der Waals surface area contributed by atoms with Crippen LogP contribution in [-0.4, -0.2) is 35.1 Å². The van der Waals surface area contributed by atoms with Crippen molar-refractivity contribution in [2.45, 2.75) is 70.3 Å². The molecule has 3 nitrogen and oxygen atoms in total. The fourth-order valence-corrected chi connectivity index (χ4v) is 4.41. The summed E-state index contributed by atoms with van der Waals surface area (Å²) in [6.45, 7) is 8.46. The highest BCUT2D eigenvalue weighted by molar-refractivity contribution is 5.79. The summed E-state index contributed by atoms with van der Waals surface area (Å²) in [7, 11) is 0. The first-order valence-corrected chi connectivity index (χ1v) is 9.44. The number of piperidine rings is 1. The summed E-state index contributed by atoms with van der Waals surface area (Å²) in [6.07, 6.45) is 4.26. The highest BCUT2D eigenvalue weighted by Crippen LogP contribution is 2.36. The molecule has 1 N–H and O–H groups in total. The number of nitrogens with zero attached hydrogens (tertiary/aromatic N) is 1. The summed E-state index contributed by atoms with van der Waals surface area (Å²) < 4.78 is 0. The molecule has 3 heteroatoms. The van der Waals surface area contributed by atoms with E-state index in [0.29, 0.717) is 5.92 Å². The van der Waals surface area contributed by atoms with Crippen molar-refractivity contribution in [1.82, 2.24) is 4.90 Å². The molecule has 0 aromatic heterocycles. The van der Waals surface area contributed by atoms with Gasteiger partial charge in [-0.05, 0) is 54.6 Å². The van der Waals surface area contributed by atoms with Crippen LogP contribution in [0.2, 0.25) is 0 Å². The van der Waals surface area contributed by atoms with Crippen molar-refractivity contribution in [3.8, 4) is 0 Å². The number of aliphatic hydroxyl groups is 1. The Labute approximate surface area is 146 Å². The van der Waals surface area contributed by atoms with E-state index in [2.05, 4.69) is 45.0 Å². The first-order valence-electron chi connectivity index (χ1n) is 9.44. The Kier molecular flexibility index (Phi) is 5.00. The van der Waals surface area contributed by atoms with Crippen molar-refractivity contribution in [1.29, 1.82) is 0 Å². The van der Waals surface area contributed by atoms with E-state index >= 15 is 0 Å². The zero-order chi connectivity index (χ0) is 17.3. The van der Waals surface area contributed by atoms with Gasteiger partial charge in [0.25, 0.3) is 0 Å². The summed E-state index contributed by atoms with van der Waals surface area (Å²) in [5.74, 6) is 0.573. The highest BCUT2D eigenvalue weighted by atomic mass is 16.3. The van der Waals surface area contributed by atoms with E-state index in [-0.39, 0.29) is 17.2 Å². The molecule has 1 aromatic carbocycles. The molecule has 1 aliphatic carbocycles. The maximum atomic E-state index is 12.6. The quantitative estimate of drug-likeness (QED) is 0.895. The van der Waals surface area contributed by atoms with Crippen molar-refractivity contribution in [3.63, 3.8) is 0 Å². The Morgan fingerprint density at radius 3 is 2.33 bits per heavy atom. The van der Waals surface area contributed by atoms with Crippen LogP contribution >= 0.6 is 0 Å². The second-order valence-corrected chi connectivity index (χ2v) is 8.54. The third kappa shape index (κ3) is 3.51. The molecule has 1 heterocycles. The van der Waals surface area contributed by atoms with Crippen LogP contribution in [-0.2, 0) is 10.2 Å². The summed E-state index contributed by atoms with van der Waals surface area (Å²) in [6, 6.07) is 8.78. The standard InChI is InChI=1S/C21H31NO2/c1-21(2,3)18-9-5-4-7-16(18)15-11-13-22(14-12-15)20(24)17-8-6-10-19(17)23/h4-5,7,9,15,17,19,23H,6,8,10-14H2,1-3H3/t17-,19-/m0/s1. The van der Waals surface area contributed by atoms with Gasteiger partial charge in [-0.3, -0.25) is 4.79 Å². The van der Waals surface area contributed by atoms with Gasteiger partial charge in [0.2, 0.25) is 5.91 Å². The molecule has 0 radical (unpaired) electrons. The second-order valence-electron chi connectivity index (χ2n) is 8.54. The van der Waals surface area contributed by atoms with Gasteiger partial charge >= 0.3 is 0 Å². The third-order valence-corrected chi connectivity index (χ3v) is 5.81. The fourth-order valence-electron chi connectivity index (χ4n) is 4.41. The zero-order valence-corrected chi connectivity index (χ0v) is 15.3. The van der Waals surface area contributed by atoms with Gasteiger partial charge in [-0.2, -0.15) is 0 Å². The van der Waals surface area contributed by atoms with E-state index in [1.807, 2.05) is 4.90 Å². The van der Waals surface area contributed by atoms with E-state index in [1.54, 1.807) is 0 Å². The van der Waals surface area contributed by atoms with E-state index in [4.69, 9.17) is 0 Å². The number of hydrogen-bond donors (Lipinski definition) is 1. The normalized spacial score (nSPS) is 25.9. The Morgan fingerprint density at radius 2 is 1.75 bits per heavy atom. The molecule has 1 aromatic rings. The SMILES string of the molecule is CC(C)(C)c1ccccc1C1CCN(C(=O)[C@H]2CCC[C@@H]2O)CC1. The van der Waals surface area contributed by atoms with Crippen molar-refractivity contribution < 1.29 is 9.90 Å². The van der Waals surface area contributed by atoms with Gasteiger partial charge in [0, 0.05) is 13.1 Å². The summed E-state index contributed by atoms with van der Waals surface area (Å²) in [5, 5.41) is 10.00. The van der Waals surface area contributed by atoms with Gasteiger partial charge in [0.05, 0.1) is 12.0 Å². The number of aliphatic hydroxyl groups excluding tert-OH is 1. The summed E-state index contributed by atoms with van der Waals surface area (Å²) in [5.41, 5.74) is 3.04.